The van der Waals surface area contributed by atoms with E-state index in [0.717, 1.165) is 63.5 Å². The average molecular weight is 419 g/mol. The SMILES string of the molecule is CCCCCCOc1cc(C=CC(=O)O)c(OCCCCCC)cc1C=CC(=O)O. The fraction of sp³-hybridized carbons (Fsp3) is 0.500. The van der Waals surface area contributed by atoms with Gasteiger partial charge in [0.15, 0.2) is 0 Å². The van der Waals surface area contributed by atoms with Gasteiger partial charge >= 0.3 is 11.9 Å². The molecule has 1 aromatic rings. The highest BCUT2D eigenvalue weighted by Gasteiger charge is 2.11. The molecule has 0 amide bonds. The van der Waals surface area contributed by atoms with Crippen molar-refractivity contribution in [3.8, 4) is 11.5 Å². The van der Waals surface area contributed by atoms with E-state index in [-0.39, 0.29) is 0 Å². The molecule has 0 atom stereocenters. The van der Waals surface area contributed by atoms with Crippen LogP contribution in [0.25, 0.3) is 12.2 Å². The number of unbranched alkanes of at least 4 members (excludes halogenated alkanes) is 6. The van der Waals surface area contributed by atoms with E-state index >= 15 is 0 Å². The highest BCUT2D eigenvalue weighted by molar-refractivity contribution is 5.88. The molecule has 0 spiro atoms. The van der Waals surface area contributed by atoms with Crippen molar-refractivity contribution in [2.75, 3.05) is 13.2 Å². The molecule has 0 aromatic heterocycles. The number of aliphatic carboxylic acids is 2. The number of carboxylic acids is 2. The summed E-state index contributed by atoms with van der Waals surface area (Å²) in [5, 5.41) is 18.0. The summed E-state index contributed by atoms with van der Waals surface area (Å²) in [6, 6.07) is 3.42. The molecule has 0 saturated carbocycles. The second-order valence-corrected chi connectivity index (χ2v) is 7.09. The number of hydrogen-bond donors (Lipinski definition) is 2. The maximum atomic E-state index is 11.0. The van der Waals surface area contributed by atoms with Crippen molar-refractivity contribution >= 4 is 24.1 Å². The Balaban J connectivity index is 3.10. The number of carbonyl (C=O) groups is 2. The largest absolute Gasteiger partial charge is 0.493 e. The standard InChI is InChI=1S/C24H34O6/c1-3-5-7-9-15-29-21-17-20(12-14-24(27)28)22(30-16-10-8-6-4-2)18-19(21)11-13-23(25)26/h11-14,17-18H,3-10,15-16H2,1-2H3,(H,25,26)(H,27,28). The number of hydrogen-bond acceptors (Lipinski definition) is 4. The van der Waals surface area contributed by atoms with E-state index in [4.69, 9.17) is 19.7 Å². The molecule has 2 N–H and O–H groups in total. The monoisotopic (exact) mass is 418 g/mol. The summed E-state index contributed by atoms with van der Waals surface area (Å²) in [5.74, 6) is -1.10. The molecule has 6 heteroatoms. The first-order valence-corrected chi connectivity index (χ1v) is 10.7. The maximum Gasteiger partial charge on any atom is 0.328 e. The second-order valence-electron chi connectivity index (χ2n) is 7.09. The van der Waals surface area contributed by atoms with Crippen LogP contribution in [0.2, 0.25) is 0 Å². The fourth-order valence-electron chi connectivity index (χ4n) is 2.85. The highest BCUT2D eigenvalue weighted by atomic mass is 16.5. The van der Waals surface area contributed by atoms with Gasteiger partial charge < -0.3 is 19.7 Å². The zero-order valence-electron chi connectivity index (χ0n) is 18.1. The first kappa shape index (κ1) is 25.3. The summed E-state index contributed by atoms with van der Waals surface area (Å²) < 4.78 is 11.8. The van der Waals surface area contributed by atoms with Gasteiger partial charge in [0.25, 0.3) is 0 Å². The Morgan fingerprint density at radius 1 is 0.733 bits per heavy atom. The van der Waals surface area contributed by atoms with Crippen LogP contribution >= 0.6 is 0 Å². The maximum absolute atomic E-state index is 11.0. The predicted octanol–water partition coefficient (Wildman–Crippen LogP) is 5.80. The first-order chi connectivity index (χ1) is 14.5. The van der Waals surface area contributed by atoms with Gasteiger partial charge in [0.05, 0.1) is 13.2 Å². The molecular weight excluding hydrogens is 384 g/mol. The molecule has 0 bridgehead atoms. The van der Waals surface area contributed by atoms with Crippen molar-refractivity contribution in [1.82, 2.24) is 0 Å². The van der Waals surface area contributed by atoms with Gasteiger partial charge in [-0.05, 0) is 37.1 Å². The van der Waals surface area contributed by atoms with Gasteiger partial charge in [-0.25, -0.2) is 9.59 Å². The van der Waals surface area contributed by atoms with E-state index in [1.54, 1.807) is 12.1 Å². The molecule has 0 aliphatic heterocycles. The lowest BCUT2D eigenvalue weighted by molar-refractivity contribution is -0.132. The Bertz CT molecular complexity index is 659. The smallest absolute Gasteiger partial charge is 0.328 e. The van der Waals surface area contributed by atoms with Gasteiger partial charge in [0.2, 0.25) is 0 Å². The van der Waals surface area contributed by atoms with Crippen LogP contribution in [0.15, 0.2) is 24.3 Å². The minimum atomic E-state index is -1.05. The second kappa shape index (κ2) is 15.1. The van der Waals surface area contributed by atoms with Crippen LogP contribution in [0.5, 0.6) is 11.5 Å². The number of ether oxygens (including phenoxy) is 2. The van der Waals surface area contributed by atoms with Crippen LogP contribution < -0.4 is 9.47 Å². The molecule has 30 heavy (non-hydrogen) atoms. The van der Waals surface area contributed by atoms with E-state index in [0.29, 0.717) is 35.8 Å². The van der Waals surface area contributed by atoms with Gasteiger partial charge in [-0.3, -0.25) is 0 Å². The molecule has 0 heterocycles. The van der Waals surface area contributed by atoms with Gasteiger partial charge in [-0.2, -0.15) is 0 Å². The van der Waals surface area contributed by atoms with E-state index in [9.17, 15) is 9.59 Å². The van der Waals surface area contributed by atoms with Gasteiger partial charge in [0, 0.05) is 23.3 Å². The normalized spacial score (nSPS) is 11.3. The van der Waals surface area contributed by atoms with Crippen molar-refractivity contribution in [2.24, 2.45) is 0 Å². The van der Waals surface area contributed by atoms with Crippen molar-refractivity contribution < 1.29 is 29.3 Å². The predicted molar refractivity (Wildman–Crippen MR) is 119 cm³/mol. The first-order valence-electron chi connectivity index (χ1n) is 10.7. The molecule has 166 valence electrons. The number of rotatable bonds is 16. The Morgan fingerprint density at radius 3 is 1.47 bits per heavy atom. The van der Waals surface area contributed by atoms with Crippen LogP contribution in [0.3, 0.4) is 0 Å². The summed E-state index contributed by atoms with van der Waals surface area (Å²) in [6.07, 6.45) is 13.5. The van der Waals surface area contributed by atoms with Crippen LogP contribution in [0, 0.1) is 0 Å². The Hall–Kier alpha value is -2.76. The summed E-state index contributed by atoms with van der Waals surface area (Å²) in [7, 11) is 0. The van der Waals surface area contributed by atoms with Crippen molar-refractivity contribution in [3.05, 3.63) is 35.4 Å². The average Bonchev–Trinajstić information content (AvgIpc) is 2.71. The molecule has 6 nitrogen and oxygen atoms in total. The molecule has 0 fully saturated rings. The highest BCUT2D eigenvalue weighted by Crippen LogP contribution is 2.32. The van der Waals surface area contributed by atoms with E-state index in [2.05, 4.69) is 13.8 Å². The summed E-state index contributed by atoms with van der Waals surface area (Å²) in [4.78, 5) is 22.0. The molecule has 1 aromatic carbocycles. The summed E-state index contributed by atoms with van der Waals surface area (Å²) in [6.45, 7) is 5.29. The van der Waals surface area contributed by atoms with E-state index in [1.165, 1.54) is 12.2 Å². The fourth-order valence-corrected chi connectivity index (χ4v) is 2.85. The van der Waals surface area contributed by atoms with Crippen molar-refractivity contribution in [2.45, 2.75) is 65.2 Å². The molecule has 0 aliphatic carbocycles. The third-order valence-electron chi connectivity index (χ3n) is 4.46. The molecule has 0 aliphatic rings. The third-order valence-corrected chi connectivity index (χ3v) is 4.46. The summed E-state index contributed by atoms with van der Waals surface area (Å²) in [5.41, 5.74) is 1.17. The Morgan fingerprint density at radius 2 is 1.13 bits per heavy atom. The van der Waals surface area contributed by atoms with E-state index < -0.39 is 11.9 Å². The summed E-state index contributed by atoms with van der Waals surface area (Å²) >= 11 is 0. The van der Waals surface area contributed by atoms with Crippen LogP contribution in [-0.2, 0) is 9.59 Å². The zero-order valence-corrected chi connectivity index (χ0v) is 18.1. The molecule has 0 radical (unpaired) electrons. The topological polar surface area (TPSA) is 93.1 Å². The molecule has 0 unspecified atom stereocenters. The van der Waals surface area contributed by atoms with Crippen molar-refractivity contribution in [1.29, 1.82) is 0 Å². The lowest BCUT2D eigenvalue weighted by atomic mass is 10.1. The lowest BCUT2D eigenvalue weighted by Crippen LogP contribution is -2.03. The van der Waals surface area contributed by atoms with Gasteiger partial charge in [0.1, 0.15) is 11.5 Å². The van der Waals surface area contributed by atoms with Crippen LogP contribution in [-0.4, -0.2) is 35.4 Å². The molecule has 0 saturated heterocycles. The Labute approximate surface area is 179 Å². The van der Waals surface area contributed by atoms with Crippen LogP contribution in [0.1, 0.15) is 76.3 Å². The van der Waals surface area contributed by atoms with E-state index in [1.807, 2.05) is 0 Å². The number of carboxylic acid groups (broad SMARTS) is 2. The zero-order chi connectivity index (χ0) is 22.2. The molecular formula is C24H34O6. The third kappa shape index (κ3) is 10.7. The lowest BCUT2D eigenvalue weighted by Gasteiger charge is -2.15. The Kier molecular flexibility index (Phi) is 12.7. The minimum absolute atomic E-state index is 0.507. The van der Waals surface area contributed by atoms with Gasteiger partial charge in [-0.1, -0.05) is 52.4 Å². The number of benzene rings is 1. The van der Waals surface area contributed by atoms with Crippen LogP contribution in [0.4, 0.5) is 0 Å². The quantitative estimate of drug-likeness (QED) is 0.260. The molecule has 1 rings (SSSR count). The van der Waals surface area contributed by atoms with Gasteiger partial charge in [-0.15, -0.1) is 0 Å². The minimum Gasteiger partial charge on any atom is -0.493 e. The van der Waals surface area contributed by atoms with Crippen molar-refractivity contribution in [3.63, 3.8) is 0 Å².